The molecule has 1 aromatic carbocycles. The number of nitrogens with zero attached hydrogens (tertiary/aromatic N) is 1. The maximum atomic E-state index is 11.8. The van der Waals surface area contributed by atoms with Crippen molar-refractivity contribution in [3.63, 3.8) is 0 Å². The Bertz CT molecular complexity index is 446. The molecule has 0 fully saturated rings. The smallest absolute Gasteiger partial charge is 0.270 e. The number of rotatable bonds is 6. The number of hydrogen-bond acceptors (Lipinski definition) is 4. The van der Waals surface area contributed by atoms with Gasteiger partial charge in [-0.1, -0.05) is 6.07 Å². The quantitative estimate of drug-likeness (QED) is 0.452. The molecular formula is C12H17N3O3. The topological polar surface area (TPSA) is 84.3 Å². The van der Waals surface area contributed by atoms with Crippen molar-refractivity contribution in [2.75, 3.05) is 20.1 Å². The Kier molecular flexibility index (Phi) is 5.26. The lowest BCUT2D eigenvalue weighted by Crippen LogP contribution is -2.27. The molecule has 1 amide bonds. The van der Waals surface area contributed by atoms with Gasteiger partial charge in [0.1, 0.15) is 0 Å². The number of carbonyl (C=O) groups excluding carboxylic acids is 1. The van der Waals surface area contributed by atoms with Gasteiger partial charge in [-0.3, -0.25) is 14.9 Å². The van der Waals surface area contributed by atoms with E-state index in [0.29, 0.717) is 12.1 Å². The number of nitro groups is 1. The SMILES string of the molecule is CNCCCNC(=O)c1cc([N+](=O)[O-])ccc1C. The third-order valence-corrected chi connectivity index (χ3v) is 2.57. The standard InChI is InChI=1S/C12H17N3O3/c1-9-4-5-10(15(17)18)8-11(9)12(16)14-7-3-6-13-2/h4-5,8,13H,3,6-7H2,1-2H3,(H,14,16). The zero-order valence-corrected chi connectivity index (χ0v) is 10.5. The summed E-state index contributed by atoms with van der Waals surface area (Å²) in [6.45, 7) is 3.11. The van der Waals surface area contributed by atoms with Crippen LogP contribution in [-0.4, -0.2) is 31.0 Å². The number of benzene rings is 1. The minimum Gasteiger partial charge on any atom is -0.352 e. The Hall–Kier alpha value is -1.95. The highest BCUT2D eigenvalue weighted by Crippen LogP contribution is 2.17. The molecule has 0 aliphatic carbocycles. The number of amides is 1. The third kappa shape index (κ3) is 3.81. The summed E-state index contributed by atoms with van der Waals surface area (Å²) in [7, 11) is 1.84. The van der Waals surface area contributed by atoms with Crippen molar-refractivity contribution in [3.05, 3.63) is 39.4 Å². The lowest BCUT2D eigenvalue weighted by Gasteiger charge is -2.07. The summed E-state index contributed by atoms with van der Waals surface area (Å²) in [6.07, 6.45) is 0.816. The Morgan fingerprint density at radius 1 is 1.39 bits per heavy atom. The van der Waals surface area contributed by atoms with Gasteiger partial charge in [-0.2, -0.15) is 0 Å². The van der Waals surface area contributed by atoms with Crippen LogP contribution in [0.2, 0.25) is 0 Å². The molecule has 1 rings (SSSR count). The van der Waals surface area contributed by atoms with E-state index in [1.807, 2.05) is 7.05 Å². The van der Waals surface area contributed by atoms with E-state index in [4.69, 9.17) is 0 Å². The summed E-state index contributed by atoms with van der Waals surface area (Å²) < 4.78 is 0. The van der Waals surface area contributed by atoms with Crippen LogP contribution in [0.25, 0.3) is 0 Å². The van der Waals surface area contributed by atoms with Crippen LogP contribution in [0.1, 0.15) is 22.3 Å². The summed E-state index contributed by atoms with van der Waals surface area (Å²) in [6, 6.07) is 4.29. The molecule has 0 heterocycles. The van der Waals surface area contributed by atoms with Gasteiger partial charge in [0, 0.05) is 24.2 Å². The van der Waals surface area contributed by atoms with Crippen LogP contribution in [-0.2, 0) is 0 Å². The number of nitro benzene ring substituents is 1. The number of carbonyl (C=O) groups is 1. The summed E-state index contributed by atoms with van der Waals surface area (Å²) in [5, 5.41) is 16.4. The molecule has 0 bridgehead atoms. The molecule has 0 aliphatic heterocycles. The normalized spacial score (nSPS) is 10.1. The van der Waals surface area contributed by atoms with Crippen molar-refractivity contribution in [2.45, 2.75) is 13.3 Å². The minimum atomic E-state index is -0.503. The van der Waals surface area contributed by atoms with Crippen LogP contribution in [0, 0.1) is 17.0 Å². The van der Waals surface area contributed by atoms with Gasteiger partial charge in [0.15, 0.2) is 0 Å². The van der Waals surface area contributed by atoms with E-state index < -0.39 is 4.92 Å². The number of nitrogens with one attached hydrogen (secondary N) is 2. The molecular weight excluding hydrogens is 234 g/mol. The number of non-ortho nitro benzene ring substituents is 1. The van der Waals surface area contributed by atoms with E-state index in [0.717, 1.165) is 18.5 Å². The molecule has 6 heteroatoms. The van der Waals surface area contributed by atoms with Crippen LogP contribution >= 0.6 is 0 Å². The Balaban J connectivity index is 2.72. The molecule has 0 radical (unpaired) electrons. The zero-order chi connectivity index (χ0) is 13.5. The average Bonchev–Trinajstić information content (AvgIpc) is 2.34. The number of hydrogen-bond donors (Lipinski definition) is 2. The van der Waals surface area contributed by atoms with Gasteiger partial charge in [0.2, 0.25) is 0 Å². The van der Waals surface area contributed by atoms with E-state index in [1.165, 1.54) is 12.1 Å². The predicted octanol–water partition coefficient (Wildman–Crippen LogP) is 1.24. The van der Waals surface area contributed by atoms with Gasteiger partial charge < -0.3 is 10.6 Å². The molecule has 1 aromatic rings. The first-order chi connectivity index (χ1) is 8.56. The van der Waals surface area contributed by atoms with Crippen molar-refractivity contribution < 1.29 is 9.72 Å². The summed E-state index contributed by atoms with van der Waals surface area (Å²) in [4.78, 5) is 22.0. The third-order valence-electron chi connectivity index (χ3n) is 2.57. The zero-order valence-electron chi connectivity index (χ0n) is 10.5. The van der Waals surface area contributed by atoms with Crippen molar-refractivity contribution in [2.24, 2.45) is 0 Å². The fraction of sp³-hybridized carbons (Fsp3) is 0.417. The molecule has 0 aliphatic rings. The lowest BCUT2D eigenvalue weighted by molar-refractivity contribution is -0.384. The predicted molar refractivity (Wildman–Crippen MR) is 68.7 cm³/mol. The van der Waals surface area contributed by atoms with Gasteiger partial charge in [-0.05, 0) is 32.5 Å². The second-order valence-corrected chi connectivity index (χ2v) is 3.97. The first-order valence-corrected chi connectivity index (χ1v) is 5.74. The van der Waals surface area contributed by atoms with E-state index in [9.17, 15) is 14.9 Å². The molecule has 0 saturated heterocycles. The summed E-state index contributed by atoms with van der Waals surface area (Å²) >= 11 is 0. The fourth-order valence-electron chi connectivity index (χ4n) is 1.53. The largest absolute Gasteiger partial charge is 0.352 e. The van der Waals surface area contributed by atoms with E-state index in [1.54, 1.807) is 13.0 Å². The average molecular weight is 251 g/mol. The monoisotopic (exact) mass is 251 g/mol. The molecule has 0 aromatic heterocycles. The summed E-state index contributed by atoms with van der Waals surface area (Å²) in [5.74, 6) is -0.271. The van der Waals surface area contributed by atoms with E-state index in [-0.39, 0.29) is 11.6 Å². The van der Waals surface area contributed by atoms with Crippen LogP contribution < -0.4 is 10.6 Å². The fourth-order valence-corrected chi connectivity index (χ4v) is 1.53. The molecule has 6 nitrogen and oxygen atoms in total. The lowest BCUT2D eigenvalue weighted by atomic mass is 10.1. The Morgan fingerprint density at radius 2 is 2.11 bits per heavy atom. The minimum absolute atomic E-state index is 0.0685. The Morgan fingerprint density at radius 3 is 2.72 bits per heavy atom. The molecule has 2 N–H and O–H groups in total. The van der Waals surface area contributed by atoms with Crippen LogP contribution in [0.4, 0.5) is 5.69 Å². The van der Waals surface area contributed by atoms with Gasteiger partial charge in [-0.25, -0.2) is 0 Å². The van der Waals surface area contributed by atoms with Crippen LogP contribution in [0.15, 0.2) is 18.2 Å². The van der Waals surface area contributed by atoms with Gasteiger partial charge >= 0.3 is 0 Å². The van der Waals surface area contributed by atoms with Gasteiger partial charge in [0.05, 0.1) is 4.92 Å². The first kappa shape index (κ1) is 14.1. The second-order valence-electron chi connectivity index (χ2n) is 3.97. The van der Waals surface area contributed by atoms with E-state index >= 15 is 0 Å². The van der Waals surface area contributed by atoms with Crippen LogP contribution in [0.5, 0.6) is 0 Å². The highest BCUT2D eigenvalue weighted by Gasteiger charge is 2.13. The first-order valence-electron chi connectivity index (χ1n) is 5.74. The van der Waals surface area contributed by atoms with Crippen molar-refractivity contribution in [1.29, 1.82) is 0 Å². The van der Waals surface area contributed by atoms with Gasteiger partial charge in [0.25, 0.3) is 11.6 Å². The molecule has 0 saturated carbocycles. The molecule has 0 unspecified atom stereocenters. The molecule has 98 valence electrons. The van der Waals surface area contributed by atoms with Crippen LogP contribution in [0.3, 0.4) is 0 Å². The summed E-state index contributed by atoms with van der Waals surface area (Å²) in [5.41, 5.74) is 1.02. The highest BCUT2D eigenvalue weighted by atomic mass is 16.6. The van der Waals surface area contributed by atoms with Crippen molar-refractivity contribution >= 4 is 11.6 Å². The second kappa shape index (κ2) is 6.70. The van der Waals surface area contributed by atoms with Crippen molar-refractivity contribution in [3.8, 4) is 0 Å². The number of aryl methyl sites for hydroxylation is 1. The Labute approximate surface area is 106 Å². The van der Waals surface area contributed by atoms with Crippen molar-refractivity contribution in [1.82, 2.24) is 10.6 Å². The molecule has 0 spiro atoms. The highest BCUT2D eigenvalue weighted by molar-refractivity contribution is 5.96. The molecule has 0 atom stereocenters. The van der Waals surface area contributed by atoms with Gasteiger partial charge in [-0.15, -0.1) is 0 Å². The maximum Gasteiger partial charge on any atom is 0.270 e. The van der Waals surface area contributed by atoms with E-state index in [2.05, 4.69) is 10.6 Å². The maximum absolute atomic E-state index is 11.8. The molecule has 18 heavy (non-hydrogen) atoms.